The van der Waals surface area contributed by atoms with Crippen LogP contribution in [0.4, 0.5) is 0 Å². The molecule has 0 aromatic carbocycles. The van der Waals surface area contributed by atoms with E-state index < -0.39 is 17.9 Å². The van der Waals surface area contributed by atoms with Crippen LogP contribution in [0, 0.1) is 5.92 Å². The minimum absolute atomic E-state index is 0.0532. The van der Waals surface area contributed by atoms with Crippen LogP contribution in [0.2, 0.25) is 0 Å². The molecule has 0 saturated heterocycles. The van der Waals surface area contributed by atoms with Crippen molar-refractivity contribution >= 4 is 11.9 Å². The Morgan fingerprint density at radius 2 is 1.91 bits per heavy atom. The fourth-order valence-electron chi connectivity index (χ4n) is 0.683. The molecule has 0 fully saturated rings. The molecule has 0 saturated carbocycles. The van der Waals surface area contributed by atoms with Crippen molar-refractivity contribution in [3.8, 4) is 0 Å². The van der Waals surface area contributed by atoms with Gasteiger partial charge < -0.3 is 10.2 Å². The number of carboxylic acid groups (broad SMARTS) is 2. The number of aliphatic carboxylic acids is 2. The second-order valence-electron chi connectivity index (χ2n) is 2.53. The lowest BCUT2D eigenvalue weighted by Gasteiger charge is -2.02. The zero-order valence-electron chi connectivity index (χ0n) is 6.41. The molecule has 2 N–H and O–H groups in total. The molecule has 0 rings (SSSR count). The van der Waals surface area contributed by atoms with Crippen LogP contribution in [-0.4, -0.2) is 22.2 Å². The third-order valence-electron chi connectivity index (χ3n) is 1.45. The SMILES string of the molecule is C[C@@H](CCCC(=O)O)C(=O)O. The van der Waals surface area contributed by atoms with E-state index in [0.29, 0.717) is 12.8 Å². The van der Waals surface area contributed by atoms with E-state index >= 15 is 0 Å². The molecule has 0 bridgehead atoms. The molecule has 0 radical (unpaired) electrons. The Balaban J connectivity index is 3.39. The summed E-state index contributed by atoms with van der Waals surface area (Å²) in [5, 5.41) is 16.6. The van der Waals surface area contributed by atoms with Gasteiger partial charge in [0.25, 0.3) is 0 Å². The van der Waals surface area contributed by atoms with Crippen LogP contribution in [0.25, 0.3) is 0 Å². The number of carbonyl (C=O) groups is 2. The van der Waals surface area contributed by atoms with E-state index in [9.17, 15) is 9.59 Å². The first kappa shape index (κ1) is 9.94. The molecule has 0 aliphatic rings. The lowest BCUT2D eigenvalue weighted by atomic mass is 10.1. The highest BCUT2D eigenvalue weighted by atomic mass is 16.4. The van der Waals surface area contributed by atoms with Crippen LogP contribution in [0.5, 0.6) is 0 Å². The molecule has 4 nitrogen and oxygen atoms in total. The molecule has 1 atom stereocenters. The topological polar surface area (TPSA) is 74.6 Å². The normalized spacial score (nSPS) is 12.5. The average Bonchev–Trinajstić information content (AvgIpc) is 1.86. The van der Waals surface area contributed by atoms with Gasteiger partial charge in [-0.15, -0.1) is 0 Å². The molecule has 0 aliphatic heterocycles. The lowest BCUT2D eigenvalue weighted by molar-refractivity contribution is -0.142. The summed E-state index contributed by atoms with van der Waals surface area (Å²) in [4.78, 5) is 20.2. The van der Waals surface area contributed by atoms with E-state index in [1.54, 1.807) is 6.92 Å². The van der Waals surface area contributed by atoms with Crippen LogP contribution in [-0.2, 0) is 9.59 Å². The van der Waals surface area contributed by atoms with Crippen molar-refractivity contribution in [1.29, 1.82) is 0 Å². The van der Waals surface area contributed by atoms with Gasteiger partial charge in [0, 0.05) is 6.42 Å². The summed E-state index contributed by atoms with van der Waals surface area (Å²) in [5.41, 5.74) is 0. The van der Waals surface area contributed by atoms with E-state index in [-0.39, 0.29) is 6.42 Å². The number of hydrogen-bond acceptors (Lipinski definition) is 2. The van der Waals surface area contributed by atoms with Gasteiger partial charge in [-0.3, -0.25) is 9.59 Å². The highest BCUT2D eigenvalue weighted by Crippen LogP contribution is 2.07. The van der Waals surface area contributed by atoms with E-state index in [2.05, 4.69) is 0 Å². The van der Waals surface area contributed by atoms with Crippen molar-refractivity contribution in [2.24, 2.45) is 5.92 Å². The second-order valence-corrected chi connectivity index (χ2v) is 2.53. The van der Waals surface area contributed by atoms with Crippen LogP contribution < -0.4 is 0 Å². The first-order chi connectivity index (χ1) is 5.04. The molecular weight excluding hydrogens is 148 g/mol. The summed E-state index contributed by atoms with van der Waals surface area (Å²) in [6, 6.07) is 0. The Hall–Kier alpha value is -1.06. The highest BCUT2D eigenvalue weighted by molar-refractivity contribution is 5.69. The largest absolute Gasteiger partial charge is 0.481 e. The maximum Gasteiger partial charge on any atom is 0.306 e. The van der Waals surface area contributed by atoms with Gasteiger partial charge in [0.2, 0.25) is 0 Å². The van der Waals surface area contributed by atoms with Crippen LogP contribution >= 0.6 is 0 Å². The van der Waals surface area contributed by atoms with Gasteiger partial charge in [0.15, 0.2) is 0 Å². The molecule has 11 heavy (non-hydrogen) atoms. The Labute approximate surface area is 64.8 Å². The van der Waals surface area contributed by atoms with Crippen molar-refractivity contribution in [3.05, 3.63) is 0 Å². The summed E-state index contributed by atoms with van der Waals surface area (Å²) >= 11 is 0. The highest BCUT2D eigenvalue weighted by Gasteiger charge is 2.10. The monoisotopic (exact) mass is 160 g/mol. The van der Waals surface area contributed by atoms with Crippen LogP contribution in [0.15, 0.2) is 0 Å². The zero-order valence-corrected chi connectivity index (χ0v) is 6.41. The van der Waals surface area contributed by atoms with Gasteiger partial charge in [-0.2, -0.15) is 0 Å². The minimum Gasteiger partial charge on any atom is -0.481 e. The number of rotatable bonds is 5. The molecule has 0 aromatic heterocycles. The fraction of sp³-hybridized carbons (Fsp3) is 0.714. The van der Waals surface area contributed by atoms with E-state index in [0.717, 1.165) is 0 Å². The molecule has 0 aromatic rings. The first-order valence-electron chi connectivity index (χ1n) is 3.48. The third-order valence-corrected chi connectivity index (χ3v) is 1.45. The Morgan fingerprint density at radius 1 is 1.36 bits per heavy atom. The Bertz CT molecular complexity index is 153. The van der Waals surface area contributed by atoms with E-state index in [1.165, 1.54) is 0 Å². The first-order valence-corrected chi connectivity index (χ1v) is 3.48. The number of carboxylic acids is 2. The predicted molar refractivity (Wildman–Crippen MR) is 38.3 cm³/mol. The summed E-state index contributed by atoms with van der Waals surface area (Å²) in [6.07, 6.45) is 0.919. The van der Waals surface area contributed by atoms with Gasteiger partial charge in [-0.1, -0.05) is 6.92 Å². The Kier molecular flexibility index (Phi) is 4.26. The molecule has 0 unspecified atom stereocenters. The lowest BCUT2D eigenvalue weighted by Crippen LogP contribution is -2.09. The zero-order chi connectivity index (χ0) is 8.85. The maximum absolute atomic E-state index is 10.2. The second kappa shape index (κ2) is 4.71. The number of hydrogen-bond donors (Lipinski definition) is 2. The smallest absolute Gasteiger partial charge is 0.306 e. The summed E-state index contributed by atoms with van der Waals surface area (Å²) in [6.45, 7) is 1.57. The third kappa shape index (κ3) is 5.39. The van der Waals surface area contributed by atoms with Crippen LogP contribution in [0.3, 0.4) is 0 Å². The van der Waals surface area contributed by atoms with Crippen molar-refractivity contribution in [3.63, 3.8) is 0 Å². The maximum atomic E-state index is 10.2. The molecule has 0 aliphatic carbocycles. The molecule has 64 valence electrons. The van der Waals surface area contributed by atoms with Crippen molar-refractivity contribution in [2.45, 2.75) is 26.2 Å². The quantitative estimate of drug-likeness (QED) is 0.628. The molecule has 4 heteroatoms. The summed E-state index contributed by atoms with van der Waals surface area (Å²) in [5.74, 6) is -2.17. The molecular formula is C7H12O4. The van der Waals surface area contributed by atoms with Gasteiger partial charge in [0.05, 0.1) is 5.92 Å². The van der Waals surface area contributed by atoms with E-state index in [1.807, 2.05) is 0 Å². The van der Waals surface area contributed by atoms with Gasteiger partial charge >= 0.3 is 11.9 Å². The standard InChI is InChI=1S/C7H12O4/c1-5(7(10)11)3-2-4-6(8)9/h5H,2-4H2,1H3,(H,8,9)(H,10,11)/t5-/m0/s1. The van der Waals surface area contributed by atoms with Crippen LogP contribution in [0.1, 0.15) is 26.2 Å². The van der Waals surface area contributed by atoms with Crippen molar-refractivity contribution in [1.82, 2.24) is 0 Å². The van der Waals surface area contributed by atoms with Gasteiger partial charge in [-0.25, -0.2) is 0 Å². The fourth-order valence-corrected chi connectivity index (χ4v) is 0.683. The minimum atomic E-state index is -0.873. The van der Waals surface area contributed by atoms with E-state index in [4.69, 9.17) is 10.2 Å². The molecule has 0 spiro atoms. The average molecular weight is 160 g/mol. The van der Waals surface area contributed by atoms with Gasteiger partial charge in [0.1, 0.15) is 0 Å². The molecule has 0 amide bonds. The molecule has 0 heterocycles. The predicted octanol–water partition coefficient (Wildman–Crippen LogP) is 0.962. The van der Waals surface area contributed by atoms with Gasteiger partial charge in [-0.05, 0) is 12.8 Å². The summed E-state index contributed by atoms with van der Waals surface area (Å²) < 4.78 is 0. The Morgan fingerprint density at radius 3 is 2.27 bits per heavy atom. The van der Waals surface area contributed by atoms with Crippen molar-refractivity contribution in [2.75, 3.05) is 0 Å². The van der Waals surface area contributed by atoms with Crippen molar-refractivity contribution < 1.29 is 19.8 Å². The summed E-state index contributed by atoms with van der Waals surface area (Å²) in [7, 11) is 0.